The third-order valence-corrected chi connectivity index (χ3v) is 3.64. The fraction of sp³-hybridized carbons (Fsp3) is 0.786. The fourth-order valence-corrected chi connectivity index (χ4v) is 2.68. The Balaban J connectivity index is 2.40. The maximum atomic E-state index is 12.1. The summed E-state index contributed by atoms with van der Waals surface area (Å²) < 4.78 is 0. The van der Waals surface area contributed by atoms with Gasteiger partial charge in [0.15, 0.2) is 0 Å². The molecular weight excluding hydrogens is 246 g/mol. The summed E-state index contributed by atoms with van der Waals surface area (Å²) in [7, 11) is 0. The molecule has 0 atom stereocenters. The Bertz CT molecular complexity index is 334. The number of hydrogen-bond acceptors (Lipinski definition) is 3. The average Bonchev–Trinajstić information content (AvgIpc) is 2.38. The molecule has 1 aliphatic rings. The van der Waals surface area contributed by atoms with Gasteiger partial charge in [0, 0.05) is 25.4 Å². The minimum absolute atomic E-state index is 0.0202. The number of amides is 1. The molecule has 0 radical (unpaired) electrons. The van der Waals surface area contributed by atoms with Crippen LogP contribution >= 0.6 is 0 Å². The molecule has 19 heavy (non-hydrogen) atoms. The molecule has 5 nitrogen and oxygen atoms in total. The zero-order valence-electron chi connectivity index (χ0n) is 11.6. The summed E-state index contributed by atoms with van der Waals surface area (Å²) in [4.78, 5) is 35.6. The number of ketones is 1. The quantitative estimate of drug-likeness (QED) is 0.717. The van der Waals surface area contributed by atoms with E-state index in [9.17, 15) is 14.4 Å². The molecule has 1 rings (SSSR count). The first-order valence-corrected chi connectivity index (χ1v) is 7.07. The van der Waals surface area contributed by atoms with Gasteiger partial charge in [0.1, 0.15) is 12.2 Å². The van der Waals surface area contributed by atoms with Crippen LogP contribution in [0.3, 0.4) is 0 Å². The van der Waals surface area contributed by atoms with Crippen molar-refractivity contribution in [1.82, 2.24) is 4.90 Å². The van der Waals surface area contributed by atoms with Crippen LogP contribution in [0.1, 0.15) is 58.3 Å². The van der Waals surface area contributed by atoms with Gasteiger partial charge >= 0.3 is 5.97 Å². The highest BCUT2D eigenvalue weighted by Crippen LogP contribution is 2.23. The summed E-state index contributed by atoms with van der Waals surface area (Å²) >= 11 is 0. The van der Waals surface area contributed by atoms with Crippen molar-refractivity contribution in [2.45, 2.75) is 64.3 Å². The van der Waals surface area contributed by atoms with E-state index in [-0.39, 0.29) is 24.5 Å². The number of carboxylic acid groups (broad SMARTS) is 1. The summed E-state index contributed by atoms with van der Waals surface area (Å²) in [6.07, 6.45) is 5.33. The van der Waals surface area contributed by atoms with Crippen LogP contribution in [-0.2, 0) is 14.4 Å². The summed E-state index contributed by atoms with van der Waals surface area (Å²) in [6.45, 7) is 2.61. The predicted octanol–water partition coefficient (Wildman–Crippen LogP) is 1.99. The van der Waals surface area contributed by atoms with Gasteiger partial charge in [-0.15, -0.1) is 0 Å². The molecule has 0 aromatic rings. The lowest BCUT2D eigenvalue weighted by molar-refractivity contribution is -0.141. The van der Waals surface area contributed by atoms with Crippen LogP contribution in [0.25, 0.3) is 0 Å². The SMILES string of the molecule is CCN(C(=O)CCC(=O)CC(=O)O)C1CCCCC1. The minimum atomic E-state index is -1.13. The second kappa shape index (κ2) is 7.92. The molecule has 5 heteroatoms. The van der Waals surface area contributed by atoms with Gasteiger partial charge in [0.25, 0.3) is 0 Å². The van der Waals surface area contributed by atoms with Gasteiger partial charge in [0.05, 0.1) is 0 Å². The van der Waals surface area contributed by atoms with E-state index in [0.717, 1.165) is 25.7 Å². The fourth-order valence-electron chi connectivity index (χ4n) is 2.68. The van der Waals surface area contributed by atoms with Crippen molar-refractivity contribution in [3.05, 3.63) is 0 Å². The number of aliphatic carboxylic acids is 1. The molecule has 0 heterocycles. The molecule has 0 aromatic carbocycles. The zero-order valence-corrected chi connectivity index (χ0v) is 11.6. The van der Waals surface area contributed by atoms with E-state index < -0.39 is 12.4 Å². The van der Waals surface area contributed by atoms with E-state index in [2.05, 4.69) is 0 Å². The van der Waals surface area contributed by atoms with Gasteiger partial charge in [-0.05, 0) is 19.8 Å². The van der Waals surface area contributed by atoms with Crippen molar-refractivity contribution in [2.75, 3.05) is 6.54 Å². The zero-order chi connectivity index (χ0) is 14.3. The lowest BCUT2D eigenvalue weighted by Crippen LogP contribution is -2.41. The average molecular weight is 269 g/mol. The van der Waals surface area contributed by atoms with Gasteiger partial charge in [-0.2, -0.15) is 0 Å². The highest BCUT2D eigenvalue weighted by atomic mass is 16.4. The Morgan fingerprint density at radius 3 is 2.26 bits per heavy atom. The molecule has 1 amide bonds. The van der Waals surface area contributed by atoms with Crippen molar-refractivity contribution in [2.24, 2.45) is 0 Å². The van der Waals surface area contributed by atoms with E-state index in [1.807, 2.05) is 11.8 Å². The molecule has 0 bridgehead atoms. The molecule has 1 fully saturated rings. The van der Waals surface area contributed by atoms with Crippen LogP contribution in [0.15, 0.2) is 0 Å². The number of carbonyl (C=O) groups is 3. The molecule has 1 aliphatic carbocycles. The van der Waals surface area contributed by atoms with E-state index in [1.54, 1.807) is 0 Å². The maximum Gasteiger partial charge on any atom is 0.310 e. The number of carbonyl (C=O) groups excluding carboxylic acids is 2. The summed E-state index contributed by atoms with van der Waals surface area (Å²) in [5.74, 6) is -1.52. The third-order valence-electron chi connectivity index (χ3n) is 3.64. The molecule has 0 aromatic heterocycles. The smallest absolute Gasteiger partial charge is 0.310 e. The second-order valence-electron chi connectivity index (χ2n) is 5.08. The number of rotatable bonds is 7. The summed E-state index contributed by atoms with van der Waals surface area (Å²) in [5, 5.41) is 8.49. The van der Waals surface area contributed by atoms with E-state index in [0.29, 0.717) is 12.6 Å². The van der Waals surface area contributed by atoms with Crippen LogP contribution in [0.4, 0.5) is 0 Å². The molecule has 0 aliphatic heterocycles. The van der Waals surface area contributed by atoms with Crippen molar-refractivity contribution >= 4 is 17.7 Å². The lowest BCUT2D eigenvalue weighted by Gasteiger charge is -2.33. The van der Waals surface area contributed by atoms with E-state index >= 15 is 0 Å². The van der Waals surface area contributed by atoms with Crippen LogP contribution in [-0.4, -0.2) is 40.3 Å². The molecular formula is C14H23NO4. The molecule has 0 spiro atoms. The van der Waals surface area contributed by atoms with Crippen LogP contribution in [0, 0.1) is 0 Å². The Morgan fingerprint density at radius 1 is 1.11 bits per heavy atom. The first-order chi connectivity index (χ1) is 9.04. The number of hydrogen-bond donors (Lipinski definition) is 1. The monoisotopic (exact) mass is 269 g/mol. The molecule has 1 N–H and O–H groups in total. The lowest BCUT2D eigenvalue weighted by atomic mass is 9.94. The first-order valence-electron chi connectivity index (χ1n) is 7.07. The number of Topliss-reactive ketones (excluding diaryl/α,β-unsaturated/α-hetero) is 1. The number of nitrogens with zero attached hydrogens (tertiary/aromatic N) is 1. The minimum Gasteiger partial charge on any atom is -0.481 e. The molecule has 0 unspecified atom stereocenters. The van der Waals surface area contributed by atoms with Crippen molar-refractivity contribution in [1.29, 1.82) is 0 Å². The van der Waals surface area contributed by atoms with Gasteiger partial charge < -0.3 is 10.0 Å². The molecule has 108 valence electrons. The Morgan fingerprint density at radius 2 is 1.74 bits per heavy atom. The highest BCUT2D eigenvalue weighted by molar-refractivity contribution is 5.96. The highest BCUT2D eigenvalue weighted by Gasteiger charge is 2.24. The van der Waals surface area contributed by atoms with Gasteiger partial charge in [0.2, 0.25) is 5.91 Å². The van der Waals surface area contributed by atoms with Gasteiger partial charge in [-0.25, -0.2) is 0 Å². The predicted molar refractivity (Wildman–Crippen MR) is 70.8 cm³/mol. The van der Waals surface area contributed by atoms with E-state index in [1.165, 1.54) is 6.42 Å². The number of carboxylic acids is 1. The van der Waals surface area contributed by atoms with Crippen LogP contribution in [0.2, 0.25) is 0 Å². The van der Waals surface area contributed by atoms with Crippen LogP contribution < -0.4 is 0 Å². The van der Waals surface area contributed by atoms with Crippen LogP contribution in [0.5, 0.6) is 0 Å². The first kappa shape index (κ1) is 15.7. The van der Waals surface area contributed by atoms with Gasteiger partial charge in [-0.3, -0.25) is 14.4 Å². The molecule has 1 saturated carbocycles. The Hall–Kier alpha value is -1.39. The second-order valence-corrected chi connectivity index (χ2v) is 5.08. The summed E-state index contributed by atoms with van der Waals surface area (Å²) in [5.41, 5.74) is 0. The topological polar surface area (TPSA) is 74.7 Å². The standard InChI is InChI=1S/C14H23NO4/c1-2-15(11-6-4-3-5-7-11)13(17)9-8-12(16)10-14(18)19/h11H,2-10H2,1H3,(H,18,19). The Labute approximate surface area is 114 Å². The molecule has 0 saturated heterocycles. The normalized spacial score (nSPS) is 16.1. The van der Waals surface area contributed by atoms with Crippen molar-refractivity contribution in [3.8, 4) is 0 Å². The van der Waals surface area contributed by atoms with Crippen molar-refractivity contribution in [3.63, 3.8) is 0 Å². The van der Waals surface area contributed by atoms with Gasteiger partial charge in [-0.1, -0.05) is 19.3 Å². The Kier molecular flexibility index (Phi) is 6.53. The maximum absolute atomic E-state index is 12.1. The van der Waals surface area contributed by atoms with Crippen molar-refractivity contribution < 1.29 is 19.5 Å². The third kappa shape index (κ3) is 5.41. The summed E-state index contributed by atoms with van der Waals surface area (Å²) in [6, 6.07) is 0.306. The van der Waals surface area contributed by atoms with E-state index in [4.69, 9.17) is 5.11 Å². The largest absolute Gasteiger partial charge is 0.481 e.